The Kier molecular flexibility index (Phi) is 4.45. The molecule has 2 saturated carbocycles. The van der Waals surface area contributed by atoms with Gasteiger partial charge < -0.3 is 15.4 Å². The molecule has 19 heavy (non-hydrogen) atoms. The van der Waals surface area contributed by atoms with Crippen molar-refractivity contribution >= 4 is 11.9 Å². The van der Waals surface area contributed by atoms with Crippen LogP contribution < -0.4 is 5.73 Å². The largest absolute Gasteiger partial charge is 0.465 e. The van der Waals surface area contributed by atoms with Gasteiger partial charge in [-0.2, -0.15) is 0 Å². The molecule has 5 heteroatoms. The second kappa shape index (κ2) is 5.90. The Labute approximate surface area is 114 Å². The molecule has 0 radical (unpaired) electrons. The van der Waals surface area contributed by atoms with Crippen molar-refractivity contribution in [2.24, 2.45) is 11.1 Å². The highest BCUT2D eigenvalue weighted by atomic mass is 16.5. The lowest BCUT2D eigenvalue weighted by Gasteiger charge is -2.41. The Hall–Kier alpha value is -1.10. The summed E-state index contributed by atoms with van der Waals surface area (Å²) in [6, 6.07) is 0.242. The Morgan fingerprint density at radius 2 is 2.05 bits per heavy atom. The summed E-state index contributed by atoms with van der Waals surface area (Å²) in [7, 11) is 0. The fraction of sp³-hybridized carbons (Fsp3) is 0.857. The molecule has 2 rings (SSSR count). The standard InChI is InChI=1S/C14H24N2O3/c1-2-19-13(18)9-16(11-4-5-11)12(17)8-14(10-15)6-3-7-14/h11H,2-10,15H2,1H3. The molecule has 0 aromatic carbocycles. The minimum absolute atomic E-state index is 0.00111. The van der Waals surface area contributed by atoms with Crippen LogP contribution in [-0.2, 0) is 14.3 Å². The first-order valence-electron chi connectivity index (χ1n) is 7.25. The summed E-state index contributed by atoms with van der Waals surface area (Å²) in [5.74, 6) is -0.237. The van der Waals surface area contributed by atoms with Gasteiger partial charge in [-0.05, 0) is 44.6 Å². The molecule has 108 valence electrons. The molecular weight excluding hydrogens is 244 g/mol. The van der Waals surface area contributed by atoms with Gasteiger partial charge in [0.1, 0.15) is 6.54 Å². The summed E-state index contributed by atoms with van der Waals surface area (Å²) in [6.07, 6.45) is 5.72. The molecule has 0 heterocycles. The van der Waals surface area contributed by atoms with Gasteiger partial charge in [0.05, 0.1) is 6.61 Å². The number of nitrogens with two attached hydrogens (primary N) is 1. The van der Waals surface area contributed by atoms with Gasteiger partial charge in [0.2, 0.25) is 5.91 Å². The molecule has 0 bridgehead atoms. The first-order valence-corrected chi connectivity index (χ1v) is 7.25. The number of nitrogens with zero attached hydrogens (tertiary/aromatic N) is 1. The third-order valence-electron chi connectivity index (χ3n) is 4.29. The molecule has 0 aliphatic heterocycles. The summed E-state index contributed by atoms with van der Waals surface area (Å²) in [4.78, 5) is 25.7. The lowest BCUT2D eigenvalue weighted by atomic mass is 9.66. The van der Waals surface area contributed by atoms with Gasteiger partial charge in [-0.25, -0.2) is 0 Å². The second-order valence-corrected chi connectivity index (χ2v) is 5.79. The number of carbonyl (C=O) groups excluding carboxylic acids is 2. The highest BCUT2D eigenvalue weighted by Gasteiger charge is 2.41. The normalized spacial score (nSPS) is 20.5. The van der Waals surface area contributed by atoms with E-state index in [-0.39, 0.29) is 29.9 Å². The summed E-state index contributed by atoms with van der Waals surface area (Å²) in [6.45, 7) is 2.80. The average molecular weight is 268 g/mol. The monoisotopic (exact) mass is 268 g/mol. The predicted octanol–water partition coefficient (Wildman–Crippen LogP) is 1.06. The van der Waals surface area contributed by atoms with Gasteiger partial charge in [0.15, 0.2) is 0 Å². The number of esters is 1. The number of carbonyl (C=O) groups is 2. The van der Waals surface area contributed by atoms with Crippen LogP contribution in [0.15, 0.2) is 0 Å². The third-order valence-corrected chi connectivity index (χ3v) is 4.29. The Morgan fingerprint density at radius 3 is 2.47 bits per heavy atom. The lowest BCUT2D eigenvalue weighted by Crippen LogP contribution is -2.45. The SMILES string of the molecule is CCOC(=O)CN(C(=O)CC1(CN)CCC1)C1CC1. The van der Waals surface area contributed by atoms with E-state index in [0.717, 1.165) is 32.1 Å². The molecular formula is C14H24N2O3. The van der Waals surface area contributed by atoms with Crippen LogP contribution in [0.5, 0.6) is 0 Å². The highest BCUT2D eigenvalue weighted by molar-refractivity contribution is 5.83. The van der Waals surface area contributed by atoms with Crippen molar-refractivity contribution in [3.05, 3.63) is 0 Å². The minimum atomic E-state index is -0.307. The van der Waals surface area contributed by atoms with E-state index in [9.17, 15) is 9.59 Å². The fourth-order valence-electron chi connectivity index (χ4n) is 2.71. The van der Waals surface area contributed by atoms with Crippen LogP contribution >= 0.6 is 0 Å². The van der Waals surface area contributed by atoms with Crippen molar-refractivity contribution in [1.82, 2.24) is 4.90 Å². The van der Waals surface area contributed by atoms with Crippen LogP contribution in [0, 0.1) is 5.41 Å². The van der Waals surface area contributed by atoms with E-state index in [2.05, 4.69) is 0 Å². The zero-order chi connectivity index (χ0) is 13.9. The maximum atomic E-state index is 12.4. The van der Waals surface area contributed by atoms with Crippen LogP contribution in [0.1, 0.15) is 45.4 Å². The maximum absolute atomic E-state index is 12.4. The molecule has 2 aliphatic carbocycles. The molecule has 0 aromatic rings. The minimum Gasteiger partial charge on any atom is -0.465 e. The van der Waals surface area contributed by atoms with Gasteiger partial charge in [-0.15, -0.1) is 0 Å². The number of ether oxygens (including phenoxy) is 1. The lowest BCUT2D eigenvalue weighted by molar-refractivity contribution is -0.150. The third kappa shape index (κ3) is 3.47. The van der Waals surface area contributed by atoms with E-state index in [1.165, 1.54) is 0 Å². The number of hydrogen-bond donors (Lipinski definition) is 1. The van der Waals surface area contributed by atoms with Crippen molar-refractivity contribution in [3.63, 3.8) is 0 Å². The van der Waals surface area contributed by atoms with Gasteiger partial charge in [0.25, 0.3) is 0 Å². The maximum Gasteiger partial charge on any atom is 0.325 e. The smallest absolute Gasteiger partial charge is 0.325 e. The van der Waals surface area contributed by atoms with Crippen molar-refractivity contribution in [2.45, 2.75) is 51.5 Å². The highest BCUT2D eigenvalue weighted by Crippen LogP contribution is 2.43. The molecule has 2 N–H and O–H groups in total. The van der Waals surface area contributed by atoms with E-state index in [4.69, 9.17) is 10.5 Å². The summed E-state index contributed by atoms with van der Waals surface area (Å²) in [5.41, 5.74) is 5.79. The van der Waals surface area contributed by atoms with Crippen molar-refractivity contribution < 1.29 is 14.3 Å². The zero-order valence-electron chi connectivity index (χ0n) is 11.7. The first-order chi connectivity index (χ1) is 9.10. The van der Waals surface area contributed by atoms with Gasteiger partial charge in [-0.1, -0.05) is 6.42 Å². The van der Waals surface area contributed by atoms with Gasteiger partial charge in [0, 0.05) is 12.5 Å². The quantitative estimate of drug-likeness (QED) is 0.701. The van der Waals surface area contributed by atoms with Crippen molar-refractivity contribution in [3.8, 4) is 0 Å². The second-order valence-electron chi connectivity index (χ2n) is 5.79. The fourth-order valence-corrected chi connectivity index (χ4v) is 2.71. The van der Waals surface area contributed by atoms with Gasteiger partial charge in [-0.3, -0.25) is 9.59 Å². The molecule has 0 aromatic heterocycles. The molecule has 5 nitrogen and oxygen atoms in total. The number of rotatable bonds is 7. The topological polar surface area (TPSA) is 72.6 Å². The number of amides is 1. The average Bonchev–Trinajstić information content (AvgIpc) is 3.15. The van der Waals surface area contributed by atoms with E-state index in [1.54, 1.807) is 11.8 Å². The molecule has 2 fully saturated rings. The molecule has 0 unspecified atom stereocenters. The molecule has 2 aliphatic rings. The first kappa shape index (κ1) is 14.3. The van der Waals surface area contributed by atoms with Crippen LogP contribution in [0.2, 0.25) is 0 Å². The van der Waals surface area contributed by atoms with E-state index in [0.29, 0.717) is 19.6 Å². The van der Waals surface area contributed by atoms with Crippen molar-refractivity contribution in [2.75, 3.05) is 19.7 Å². The summed E-state index contributed by atoms with van der Waals surface area (Å²) in [5, 5.41) is 0. The number of hydrogen-bond acceptors (Lipinski definition) is 4. The Morgan fingerprint density at radius 1 is 1.37 bits per heavy atom. The van der Waals surface area contributed by atoms with Crippen LogP contribution in [0.4, 0.5) is 0 Å². The van der Waals surface area contributed by atoms with Crippen LogP contribution in [0.25, 0.3) is 0 Å². The summed E-state index contributed by atoms with van der Waals surface area (Å²) < 4.78 is 4.94. The van der Waals surface area contributed by atoms with E-state index >= 15 is 0 Å². The molecule has 0 atom stereocenters. The van der Waals surface area contributed by atoms with E-state index < -0.39 is 0 Å². The van der Waals surface area contributed by atoms with Crippen molar-refractivity contribution in [1.29, 1.82) is 0 Å². The van der Waals surface area contributed by atoms with E-state index in [1.807, 2.05) is 0 Å². The molecule has 0 saturated heterocycles. The summed E-state index contributed by atoms with van der Waals surface area (Å²) >= 11 is 0. The van der Waals surface area contributed by atoms with Crippen LogP contribution in [-0.4, -0.2) is 42.5 Å². The molecule has 0 spiro atoms. The Bertz CT molecular complexity index is 343. The Balaban J connectivity index is 1.91. The molecule has 1 amide bonds. The zero-order valence-corrected chi connectivity index (χ0v) is 11.7. The van der Waals surface area contributed by atoms with Gasteiger partial charge >= 0.3 is 5.97 Å². The van der Waals surface area contributed by atoms with Crippen LogP contribution in [0.3, 0.4) is 0 Å². The predicted molar refractivity (Wildman–Crippen MR) is 71.3 cm³/mol.